The third kappa shape index (κ3) is 4.57. The largest absolute Gasteiger partial charge is 0.486 e. The first-order valence-electron chi connectivity index (χ1n) is 9.19. The van der Waals surface area contributed by atoms with E-state index in [1.54, 1.807) is 11.3 Å². The van der Waals surface area contributed by atoms with Crippen LogP contribution in [0.1, 0.15) is 30.6 Å². The molecule has 27 heavy (non-hydrogen) atoms. The van der Waals surface area contributed by atoms with Crippen molar-refractivity contribution < 1.29 is 14.3 Å². The van der Waals surface area contributed by atoms with Crippen molar-refractivity contribution >= 4 is 35.3 Å². The van der Waals surface area contributed by atoms with E-state index in [4.69, 9.17) is 15.2 Å². The van der Waals surface area contributed by atoms with Crippen LogP contribution in [0, 0.1) is 5.92 Å². The molecular formula is C20H25ClN2O3S. The number of benzene rings is 1. The fourth-order valence-corrected chi connectivity index (χ4v) is 4.42. The minimum Gasteiger partial charge on any atom is -0.486 e. The molecular weight excluding hydrogens is 384 g/mol. The summed E-state index contributed by atoms with van der Waals surface area (Å²) in [7, 11) is 0. The molecule has 1 aromatic carbocycles. The fraction of sp³-hybridized carbons (Fsp3) is 0.450. The highest BCUT2D eigenvalue weighted by Crippen LogP contribution is 2.36. The second-order valence-electron chi connectivity index (χ2n) is 6.96. The Kier molecular flexibility index (Phi) is 6.63. The van der Waals surface area contributed by atoms with E-state index >= 15 is 0 Å². The number of anilines is 1. The van der Waals surface area contributed by atoms with Gasteiger partial charge in [-0.3, -0.25) is 4.79 Å². The molecule has 1 aliphatic heterocycles. The Bertz CT molecular complexity index is 769. The van der Waals surface area contributed by atoms with Crippen molar-refractivity contribution in [3.8, 4) is 11.5 Å². The zero-order valence-corrected chi connectivity index (χ0v) is 16.8. The highest BCUT2D eigenvalue weighted by molar-refractivity contribution is 7.09. The van der Waals surface area contributed by atoms with Gasteiger partial charge in [-0.25, -0.2) is 0 Å². The van der Waals surface area contributed by atoms with E-state index in [1.807, 2.05) is 34.5 Å². The highest BCUT2D eigenvalue weighted by Gasteiger charge is 2.30. The molecule has 2 heterocycles. The summed E-state index contributed by atoms with van der Waals surface area (Å²) in [5.41, 5.74) is 6.98. The van der Waals surface area contributed by atoms with Crippen LogP contribution in [0.5, 0.6) is 11.5 Å². The van der Waals surface area contributed by atoms with Gasteiger partial charge >= 0.3 is 0 Å². The van der Waals surface area contributed by atoms with Crippen LogP contribution in [0.25, 0.3) is 0 Å². The number of ether oxygens (including phenoxy) is 2. The lowest BCUT2D eigenvalue weighted by atomic mass is 9.85. The molecule has 1 amide bonds. The predicted octanol–water partition coefficient (Wildman–Crippen LogP) is 3.99. The third-order valence-corrected chi connectivity index (χ3v) is 5.92. The molecule has 0 spiro atoms. The van der Waals surface area contributed by atoms with Crippen molar-refractivity contribution in [3.05, 3.63) is 40.6 Å². The van der Waals surface area contributed by atoms with Crippen LogP contribution >= 0.6 is 23.7 Å². The Balaban J connectivity index is 0.00000210. The smallest absolute Gasteiger partial charge is 0.230 e. The molecule has 0 bridgehead atoms. The second-order valence-corrected chi connectivity index (χ2v) is 7.99. The molecule has 0 radical (unpaired) electrons. The van der Waals surface area contributed by atoms with Gasteiger partial charge in [0, 0.05) is 28.6 Å². The summed E-state index contributed by atoms with van der Waals surface area (Å²) in [4.78, 5) is 16.4. The van der Waals surface area contributed by atoms with Crippen molar-refractivity contribution in [2.24, 2.45) is 11.7 Å². The van der Waals surface area contributed by atoms with Crippen LogP contribution in [-0.4, -0.2) is 25.2 Å². The zero-order valence-electron chi connectivity index (χ0n) is 15.1. The van der Waals surface area contributed by atoms with Crippen LogP contribution in [-0.2, 0) is 11.3 Å². The van der Waals surface area contributed by atoms with Gasteiger partial charge in [0.1, 0.15) is 13.2 Å². The number of amides is 1. The minimum atomic E-state index is -0.00749. The Morgan fingerprint density at radius 1 is 1.19 bits per heavy atom. The van der Waals surface area contributed by atoms with E-state index in [2.05, 4.69) is 6.07 Å². The summed E-state index contributed by atoms with van der Waals surface area (Å²) in [6, 6.07) is 9.97. The van der Waals surface area contributed by atoms with Gasteiger partial charge in [0.2, 0.25) is 5.91 Å². The molecule has 7 heteroatoms. The maximum atomic E-state index is 13.3. The van der Waals surface area contributed by atoms with E-state index in [0.717, 1.165) is 42.0 Å². The lowest BCUT2D eigenvalue weighted by Gasteiger charge is -2.32. The van der Waals surface area contributed by atoms with E-state index in [0.29, 0.717) is 25.5 Å². The number of thiophene rings is 1. The molecule has 2 unspecified atom stereocenters. The fourth-order valence-electron chi connectivity index (χ4n) is 3.73. The van der Waals surface area contributed by atoms with Crippen LogP contribution in [0.15, 0.2) is 35.7 Å². The standard InChI is InChI=1S/C20H24N2O3S.ClH/c21-15-4-1-3-14(11-15)20(23)22(13-17-5-2-10-26-17)16-6-7-18-19(12-16)25-9-8-24-18;/h2,5-7,10,12,14-15H,1,3-4,8-9,11,13,21H2;1H. The van der Waals surface area contributed by atoms with Gasteiger partial charge in [0.25, 0.3) is 0 Å². The highest BCUT2D eigenvalue weighted by atomic mass is 35.5. The molecule has 4 rings (SSSR count). The molecule has 2 N–H and O–H groups in total. The van der Waals surface area contributed by atoms with E-state index in [-0.39, 0.29) is 30.3 Å². The van der Waals surface area contributed by atoms with Crippen LogP contribution in [0.4, 0.5) is 5.69 Å². The number of fused-ring (bicyclic) bond motifs is 1. The predicted molar refractivity (Wildman–Crippen MR) is 110 cm³/mol. The van der Waals surface area contributed by atoms with E-state index in [1.165, 1.54) is 0 Å². The molecule has 2 aromatic rings. The Labute approximate surface area is 169 Å². The number of hydrogen-bond acceptors (Lipinski definition) is 5. The van der Waals surface area contributed by atoms with Crippen molar-refractivity contribution in [1.29, 1.82) is 0 Å². The van der Waals surface area contributed by atoms with E-state index < -0.39 is 0 Å². The first-order chi connectivity index (χ1) is 12.7. The summed E-state index contributed by atoms with van der Waals surface area (Å²) < 4.78 is 11.3. The number of halogens is 1. The summed E-state index contributed by atoms with van der Waals surface area (Å²) in [6.45, 7) is 1.67. The topological polar surface area (TPSA) is 64.8 Å². The number of carbonyl (C=O) groups excluding carboxylic acids is 1. The zero-order chi connectivity index (χ0) is 17.9. The van der Waals surface area contributed by atoms with Gasteiger partial charge in [-0.15, -0.1) is 23.7 Å². The molecule has 0 saturated heterocycles. The Morgan fingerprint density at radius 2 is 2.00 bits per heavy atom. The van der Waals surface area contributed by atoms with Crippen LogP contribution in [0.3, 0.4) is 0 Å². The summed E-state index contributed by atoms with van der Waals surface area (Å²) >= 11 is 1.66. The van der Waals surface area contributed by atoms with Gasteiger partial charge in [0.05, 0.1) is 6.54 Å². The second kappa shape index (κ2) is 8.95. The Hall–Kier alpha value is -1.76. The molecule has 1 saturated carbocycles. The number of rotatable bonds is 4. The molecule has 5 nitrogen and oxygen atoms in total. The van der Waals surface area contributed by atoms with Crippen molar-refractivity contribution in [2.45, 2.75) is 38.3 Å². The lowest BCUT2D eigenvalue weighted by Crippen LogP contribution is -2.40. The van der Waals surface area contributed by atoms with Crippen LogP contribution < -0.4 is 20.1 Å². The van der Waals surface area contributed by atoms with E-state index in [9.17, 15) is 4.79 Å². The van der Waals surface area contributed by atoms with Crippen LogP contribution in [0.2, 0.25) is 0 Å². The number of nitrogens with zero attached hydrogens (tertiary/aromatic N) is 1. The SMILES string of the molecule is Cl.NC1CCCC(C(=O)N(Cc2cccs2)c2ccc3c(c2)OCCO3)C1. The normalized spacial score (nSPS) is 21.2. The maximum absolute atomic E-state index is 13.3. The summed E-state index contributed by atoms with van der Waals surface area (Å²) in [6.07, 6.45) is 3.71. The number of nitrogens with two attached hydrogens (primary N) is 1. The molecule has 1 aliphatic carbocycles. The number of hydrogen-bond donors (Lipinski definition) is 1. The molecule has 2 atom stereocenters. The monoisotopic (exact) mass is 408 g/mol. The molecule has 2 aliphatic rings. The lowest BCUT2D eigenvalue weighted by molar-refractivity contribution is -0.123. The van der Waals surface area contributed by atoms with Crippen molar-refractivity contribution in [1.82, 2.24) is 0 Å². The molecule has 146 valence electrons. The van der Waals surface area contributed by atoms with Gasteiger partial charge in [-0.05, 0) is 42.8 Å². The van der Waals surface area contributed by atoms with Crippen molar-refractivity contribution in [2.75, 3.05) is 18.1 Å². The van der Waals surface area contributed by atoms with Gasteiger partial charge in [-0.1, -0.05) is 12.5 Å². The Morgan fingerprint density at radius 3 is 2.74 bits per heavy atom. The minimum absolute atomic E-state index is 0. The number of carbonyl (C=O) groups is 1. The maximum Gasteiger partial charge on any atom is 0.230 e. The van der Waals surface area contributed by atoms with Crippen molar-refractivity contribution in [3.63, 3.8) is 0 Å². The third-order valence-electron chi connectivity index (χ3n) is 5.06. The first kappa shape index (κ1) is 20.0. The summed E-state index contributed by atoms with van der Waals surface area (Å²) in [5, 5.41) is 2.04. The molecule has 1 fully saturated rings. The summed E-state index contributed by atoms with van der Waals surface area (Å²) in [5.74, 6) is 1.60. The molecule has 1 aromatic heterocycles. The quantitative estimate of drug-likeness (QED) is 0.830. The van der Waals surface area contributed by atoms with Gasteiger partial charge < -0.3 is 20.1 Å². The van der Waals surface area contributed by atoms with Gasteiger partial charge in [-0.2, -0.15) is 0 Å². The average molecular weight is 409 g/mol. The first-order valence-corrected chi connectivity index (χ1v) is 10.1. The average Bonchev–Trinajstić information content (AvgIpc) is 3.18. The van der Waals surface area contributed by atoms with Gasteiger partial charge in [0.15, 0.2) is 11.5 Å².